The molecule has 0 heterocycles. The van der Waals surface area contributed by atoms with E-state index < -0.39 is 16.1 Å². The highest BCUT2D eigenvalue weighted by Gasteiger charge is 2.30. The second-order valence-electron chi connectivity index (χ2n) is 9.99. The minimum Gasteiger partial charge on any atom is -0.497 e. The minimum absolute atomic E-state index is 0.0859. The predicted molar refractivity (Wildman–Crippen MR) is 163 cm³/mol. The second-order valence-corrected chi connectivity index (χ2v) is 11.9. The molecule has 3 aromatic rings. The number of nitrogens with one attached hydrogen (secondary N) is 1. The van der Waals surface area contributed by atoms with E-state index in [4.69, 9.17) is 4.74 Å². The molecule has 0 saturated heterocycles. The van der Waals surface area contributed by atoms with Crippen molar-refractivity contribution < 1.29 is 22.7 Å². The number of sulfonamides is 1. The van der Waals surface area contributed by atoms with Crippen LogP contribution in [0.25, 0.3) is 0 Å². The van der Waals surface area contributed by atoms with E-state index >= 15 is 0 Å². The summed E-state index contributed by atoms with van der Waals surface area (Å²) in [4.78, 5) is 29.0. The third kappa shape index (κ3) is 9.93. The zero-order valence-electron chi connectivity index (χ0n) is 24.2. The van der Waals surface area contributed by atoms with Crippen LogP contribution in [0, 0.1) is 0 Å². The SMILES string of the molecule is CCCCNC(=O)[C@H](Cc1ccccc1)N(Cc1ccccc1)C(=O)CCCN(c1ccc(OC)cc1)S(C)(=O)=O. The van der Waals surface area contributed by atoms with E-state index in [2.05, 4.69) is 12.2 Å². The van der Waals surface area contributed by atoms with Gasteiger partial charge in [-0.2, -0.15) is 0 Å². The number of hydrogen-bond donors (Lipinski definition) is 1. The molecule has 0 saturated carbocycles. The third-order valence-electron chi connectivity index (χ3n) is 6.81. The van der Waals surface area contributed by atoms with Crippen LogP contribution < -0.4 is 14.4 Å². The molecular formula is C32H41N3O5S. The summed E-state index contributed by atoms with van der Waals surface area (Å²) in [5.41, 5.74) is 2.37. The molecule has 0 aromatic heterocycles. The molecule has 9 heteroatoms. The lowest BCUT2D eigenvalue weighted by atomic mass is 10.0. The Morgan fingerprint density at radius 2 is 1.49 bits per heavy atom. The number of benzene rings is 3. The molecule has 2 amide bonds. The van der Waals surface area contributed by atoms with Crippen molar-refractivity contribution in [3.05, 3.63) is 96.1 Å². The summed E-state index contributed by atoms with van der Waals surface area (Å²) in [5, 5.41) is 3.02. The smallest absolute Gasteiger partial charge is 0.243 e. The first-order chi connectivity index (χ1) is 19.7. The van der Waals surface area contributed by atoms with Gasteiger partial charge in [0.25, 0.3) is 0 Å². The third-order valence-corrected chi connectivity index (χ3v) is 8.00. The van der Waals surface area contributed by atoms with Crippen LogP contribution in [0.3, 0.4) is 0 Å². The van der Waals surface area contributed by atoms with Gasteiger partial charge < -0.3 is 15.0 Å². The Hall–Kier alpha value is -3.85. The van der Waals surface area contributed by atoms with Crippen LogP contribution in [0.2, 0.25) is 0 Å². The van der Waals surface area contributed by atoms with Gasteiger partial charge in [-0.1, -0.05) is 74.0 Å². The Balaban J connectivity index is 1.83. The highest BCUT2D eigenvalue weighted by atomic mass is 32.2. The molecule has 1 N–H and O–H groups in total. The van der Waals surface area contributed by atoms with E-state index in [0.717, 1.165) is 30.2 Å². The molecule has 0 fully saturated rings. The Morgan fingerprint density at radius 1 is 0.878 bits per heavy atom. The monoisotopic (exact) mass is 579 g/mol. The van der Waals surface area contributed by atoms with Crippen molar-refractivity contribution in [1.82, 2.24) is 10.2 Å². The molecule has 0 spiro atoms. The van der Waals surface area contributed by atoms with Gasteiger partial charge in [0, 0.05) is 32.5 Å². The number of nitrogens with zero attached hydrogens (tertiary/aromatic N) is 2. The number of carbonyl (C=O) groups excluding carboxylic acids is 2. The average molecular weight is 580 g/mol. The normalized spacial score (nSPS) is 11.9. The first kappa shape index (κ1) is 31.7. The summed E-state index contributed by atoms with van der Waals surface area (Å²) in [7, 11) is -2.04. The zero-order valence-corrected chi connectivity index (χ0v) is 25.0. The molecule has 41 heavy (non-hydrogen) atoms. The number of unbranched alkanes of at least 4 members (excludes halogenated alkanes) is 1. The molecule has 0 radical (unpaired) electrons. The highest BCUT2D eigenvalue weighted by Crippen LogP contribution is 2.23. The maximum Gasteiger partial charge on any atom is 0.243 e. The van der Waals surface area contributed by atoms with Crippen LogP contribution in [0.5, 0.6) is 5.75 Å². The van der Waals surface area contributed by atoms with Crippen molar-refractivity contribution in [1.29, 1.82) is 0 Å². The first-order valence-corrected chi connectivity index (χ1v) is 15.8. The van der Waals surface area contributed by atoms with Crippen LogP contribution in [0.1, 0.15) is 43.7 Å². The molecule has 220 valence electrons. The summed E-state index contributed by atoms with van der Waals surface area (Å²) in [5.74, 6) is 0.224. The van der Waals surface area contributed by atoms with Crippen molar-refractivity contribution in [2.45, 2.75) is 51.6 Å². The van der Waals surface area contributed by atoms with Gasteiger partial charge in [0.05, 0.1) is 19.1 Å². The van der Waals surface area contributed by atoms with E-state index in [1.165, 1.54) is 4.31 Å². The molecule has 3 aromatic carbocycles. The van der Waals surface area contributed by atoms with Crippen LogP contribution in [-0.4, -0.2) is 57.6 Å². The second kappa shape index (κ2) is 15.8. The van der Waals surface area contributed by atoms with Gasteiger partial charge in [-0.05, 0) is 48.2 Å². The first-order valence-electron chi connectivity index (χ1n) is 14.0. The molecule has 0 aliphatic rings. The highest BCUT2D eigenvalue weighted by molar-refractivity contribution is 7.92. The summed E-state index contributed by atoms with van der Waals surface area (Å²) < 4.78 is 31.7. The number of carbonyl (C=O) groups is 2. The van der Waals surface area contributed by atoms with Crippen molar-refractivity contribution in [2.24, 2.45) is 0 Å². The van der Waals surface area contributed by atoms with Gasteiger partial charge in [0.1, 0.15) is 11.8 Å². The Bertz CT molecular complexity index is 1330. The van der Waals surface area contributed by atoms with Crippen molar-refractivity contribution in [2.75, 3.05) is 30.8 Å². The van der Waals surface area contributed by atoms with E-state index in [9.17, 15) is 18.0 Å². The van der Waals surface area contributed by atoms with Crippen LogP contribution in [0.4, 0.5) is 5.69 Å². The molecule has 0 bridgehead atoms. The average Bonchev–Trinajstić information content (AvgIpc) is 2.97. The van der Waals surface area contributed by atoms with Crippen LogP contribution in [-0.2, 0) is 32.6 Å². The van der Waals surface area contributed by atoms with E-state index in [1.807, 2.05) is 60.7 Å². The van der Waals surface area contributed by atoms with E-state index in [1.54, 1.807) is 36.3 Å². The maximum atomic E-state index is 13.8. The van der Waals surface area contributed by atoms with E-state index in [-0.39, 0.29) is 31.3 Å². The fraction of sp³-hybridized carbons (Fsp3) is 0.375. The molecular weight excluding hydrogens is 538 g/mol. The molecule has 3 rings (SSSR count). The van der Waals surface area contributed by atoms with Gasteiger partial charge in [0.15, 0.2) is 0 Å². The van der Waals surface area contributed by atoms with Crippen molar-refractivity contribution in [3.63, 3.8) is 0 Å². The van der Waals surface area contributed by atoms with E-state index in [0.29, 0.717) is 30.8 Å². The lowest BCUT2D eigenvalue weighted by molar-refractivity contribution is -0.141. The quantitative estimate of drug-likeness (QED) is 0.246. The summed E-state index contributed by atoms with van der Waals surface area (Å²) >= 11 is 0. The minimum atomic E-state index is -3.58. The molecule has 0 aliphatic carbocycles. The Kier molecular flexibility index (Phi) is 12.2. The Labute approximate surface area is 244 Å². The summed E-state index contributed by atoms with van der Waals surface area (Å²) in [6.45, 7) is 3.00. The lowest BCUT2D eigenvalue weighted by Gasteiger charge is -2.32. The number of ether oxygens (including phenoxy) is 1. The Morgan fingerprint density at radius 3 is 2.05 bits per heavy atom. The number of hydrogen-bond acceptors (Lipinski definition) is 5. The molecule has 0 unspecified atom stereocenters. The standard InChI is InChI=1S/C32H41N3O5S/c1-4-5-22-33-32(37)30(24-26-13-8-6-9-14-26)34(25-27-15-10-7-11-16-27)31(36)17-12-23-35(41(3,38)39)28-18-20-29(40-2)21-19-28/h6-11,13-16,18-21,30H,4-5,12,17,22-25H2,1-3H3,(H,33,37)/t30-/m0/s1. The largest absolute Gasteiger partial charge is 0.497 e. The molecule has 0 aliphatic heterocycles. The number of rotatable bonds is 16. The number of methoxy groups -OCH3 is 1. The van der Waals surface area contributed by atoms with Gasteiger partial charge in [0.2, 0.25) is 21.8 Å². The number of amides is 2. The van der Waals surface area contributed by atoms with Gasteiger partial charge in [-0.3, -0.25) is 13.9 Å². The lowest BCUT2D eigenvalue weighted by Crippen LogP contribution is -2.50. The fourth-order valence-corrected chi connectivity index (χ4v) is 5.56. The van der Waals surface area contributed by atoms with Gasteiger partial charge in [-0.25, -0.2) is 8.42 Å². The summed E-state index contributed by atoms with van der Waals surface area (Å²) in [6.07, 6.45) is 3.70. The predicted octanol–water partition coefficient (Wildman–Crippen LogP) is 4.80. The molecule has 1 atom stereocenters. The number of anilines is 1. The van der Waals surface area contributed by atoms with Crippen molar-refractivity contribution in [3.8, 4) is 5.75 Å². The van der Waals surface area contributed by atoms with Crippen LogP contribution in [0.15, 0.2) is 84.9 Å². The molecule has 8 nitrogen and oxygen atoms in total. The van der Waals surface area contributed by atoms with Crippen LogP contribution >= 0.6 is 0 Å². The summed E-state index contributed by atoms with van der Waals surface area (Å²) in [6, 6.07) is 25.3. The zero-order chi connectivity index (χ0) is 29.7. The topological polar surface area (TPSA) is 96.0 Å². The van der Waals surface area contributed by atoms with Gasteiger partial charge >= 0.3 is 0 Å². The van der Waals surface area contributed by atoms with Gasteiger partial charge in [-0.15, -0.1) is 0 Å². The fourth-order valence-electron chi connectivity index (χ4n) is 4.59. The van der Waals surface area contributed by atoms with Crippen molar-refractivity contribution >= 4 is 27.5 Å². The maximum absolute atomic E-state index is 13.8.